The van der Waals surface area contributed by atoms with Crippen LogP contribution in [0.1, 0.15) is 23.5 Å². The molecule has 0 bridgehead atoms. The molecule has 0 fully saturated rings. The predicted molar refractivity (Wildman–Crippen MR) is 96.0 cm³/mol. The van der Waals surface area contributed by atoms with E-state index < -0.39 is 11.9 Å². The van der Waals surface area contributed by atoms with E-state index in [4.69, 9.17) is 9.15 Å². The van der Waals surface area contributed by atoms with Crippen molar-refractivity contribution in [3.63, 3.8) is 0 Å². The number of carbonyl (C=O) groups excluding carboxylic acids is 1. The summed E-state index contributed by atoms with van der Waals surface area (Å²) in [6.07, 6.45) is 2.77. The Balaban J connectivity index is 1.82. The summed E-state index contributed by atoms with van der Waals surface area (Å²) in [4.78, 5) is 42.4. The number of aromatic nitrogens is 2. The normalized spacial score (nSPS) is 16.3. The molecule has 5 rings (SSSR count). The SMILES string of the molecule is O=C1C[C@@H](c2coc3ccccc3c2=O)c2c(nc3ccccn3c2=O)O1. The van der Waals surface area contributed by atoms with Crippen molar-refractivity contribution >= 4 is 22.6 Å². The first-order chi connectivity index (χ1) is 13.1. The fraction of sp³-hybridized carbons (Fsp3) is 0.100. The Morgan fingerprint density at radius 1 is 1.04 bits per heavy atom. The van der Waals surface area contributed by atoms with Gasteiger partial charge in [-0.05, 0) is 24.3 Å². The zero-order valence-electron chi connectivity index (χ0n) is 13.9. The second-order valence-corrected chi connectivity index (χ2v) is 6.31. The topological polar surface area (TPSA) is 90.9 Å². The van der Waals surface area contributed by atoms with Gasteiger partial charge in [-0.2, -0.15) is 4.98 Å². The Bertz CT molecular complexity index is 1350. The number of nitrogens with zero attached hydrogens (tertiary/aromatic N) is 2. The smallest absolute Gasteiger partial charge is 0.313 e. The van der Waals surface area contributed by atoms with E-state index in [2.05, 4.69) is 4.98 Å². The first kappa shape index (κ1) is 15.5. The van der Waals surface area contributed by atoms with Crippen LogP contribution < -0.4 is 15.7 Å². The molecule has 0 unspecified atom stereocenters. The van der Waals surface area contributed by atoms with E-state index in [1.165, 1.54) is 10.7 Å². The lowest BCUT2D eigenvalue weighted by Crippen LogP contribution is -2.32. The molecule has 7 heteroatoms. The van der Waals surface area contributed by atoms with Gasteiger partial charge in [-0.3, -0.25) is 18.8 Å². The van der Waals surface area contributed by atoms with E-state index in [1.54, 1.807) is 48.7 Å². The van der Waals surface area contributed by atoms with E-state index in [0.717, 1.165) is 0 Å². The molecule has 1 aliphatic heterocycles. The summed E-state index contributed by atoms with van der Waals surface area (Å²) in [6, 6.07) is 11.9. The van der Waals surface area contributed by atoms with Crippen molar-refractivity contribution in [3.05, 3.63) is 86.6 Å². The number of rotatable bonds is 1. The van der Waals surface area contributed by atoms with Gasteiger partial charge in [0.1, 0.15) is 11.2 Å². The molecule has 1 aromatic carbocycles. The van der Waals surface area contributed by atoms with Gasteiger partial charge in [-0.1, -0.05) is 18.2 Å². The monoisotopic (exact) mass is 360 g/mol. The van der Waals surface area contributed by atoms with Gasteiger partial charge in [0.05, 0.1) is 23.6 Å². The average molecular weight is 360 g/mol. The molecule has 0 saturated heterocycles. The number of benzene rings is 1. The third kappa shape index (κ3) is 2.28. The number of esters is 1. The highest BCUT2D eigenvalue weighted by Gasteiger charge is 2.35. The van der Waals surface area contributed by atoms with Gasteiger partial charge in [-0.15, -0.1) is 0 Å². The molecule has 4 heterocycles. The largest absolute Gasteiger partial charge is 0.464 e. The van der Waals surface area contributed by atoms with Crippen LogP contribution in [0.5, 0.6) is 5.88 Å². The summed E-state index contributed by atoms with van der Waals surface area (Å²) in [5, 5.41) is 0.393. The maximum Gasteiger partial charge on any atom is 0.313 e. The summed E-state index contributed by atoms with van der Waals surface area (Å²) in [5.74, 6) is -1.38. The second-order valence-electron chi connectivity index (χ2n) is 6.31. The molecule has 0 aliphatic carbocycles. The first-order valence-corrected chi connectivity index (χ1v) is 8.36. The molecule has 0 N–H and O–H groups in total. The molecule has 132 valence electrons. The third-order valence-electron chi connectivity index (χ3n) is 4.75. The molecular weight excluding hydrogens is 348 g/mol. The minimum absolute atomic E-state index is 0.0555. The molecule has 1 aliphatic rings. The van der Waals surface area contributed by atoms with Crippen molar-refractivity contribution in [3.8, 4) is 5.88 Å². The molecule has 1 atom stereocenters. The van der Waals surface area contributed by atoms with Crippen molar-refractivity contribution < 1.29 is 13.9 Å². The first-order valence-electron chi connectivity index (χ1n) is 8.36. The highest BCUT2D eigenvalue weighted by Crippen LogP contribution is 2.34. The highest BCUT2D eigenvalue weighted by atomic mass is 16.5. The Labute approximate surface area is 151 Å². The summed E-state index contributed by atoms with van der Waals surface area (Å²) < 4.78 is 12.1. The Kier molecular flexibility index (Phi) is 3.24. The second kappa shape index (κ2) is 5.63. The van der Waals surface area contributed by atoms with Crippen LogP contribution in [-0.2, 0) is 4.79 Å². The minimum atomic E-state index is -0.779. The molecule has 3 aromatic heterocycles. The number of para-hydroxylation sites is 1. The number of fused-ring (bicyclic) bond motifs is 3. The van der Waals surface area contributed by atoms with Crippen LogP contribution >= 0.6 is 0 Å². The van der Waals surface area contributed by atoms with Crippen LogP contribution in [0.3, 0.4) is 0 Å². The van der Waals surface area contributed by atoms with Gasteiger partial charge in [0.2, 0.25) is 5.88 Å². The summed E-state index contributed by atoms with van der Waals surface area (Å²) in [6.45, 7) is 0. The quantitative estimate of drug-likeness (QED) is 0.484. The number of hydrogen-bond acceptors (Lipinski definition) is 6. The van der Waals surface area contributed by atoms with Crippen LogP contribution in [0.4, 0.5) is 0 Å². The summed E-state index contributed by atoms with van der Waals surface area (Å²) in [7, 11) is 0. The number of hydrogen-bond donors (Lipinski definition) is 0. The van der Waals surface area contributed by atoms with Gasteiger partial charge < -0.3 is 9.15 Å². The Morgan fingerprint density at radius 2 is 1.85 bits per heavy atom. The van der Waals surface area contributed by atoms with Crippen LogP contribution in [0.15, 0.2) is 68.9 Å². The molecule has 0 saturated carbocycles. The number of pyridine rings is 1. The van der Waals surface area contributed by atoms with Crippen molar-refractivity contribution in [1.82, 2.24) is 9.38 Å². The van der Waals surface area contributed by atoms with Crippen molar-refractivity contribution in [2.75, 3.05) is 0 Å². The average Bonchev–Trinajstić information content (AvgIpc) is 2.68. The van der Waals surface area contributed by atoms with E-state index in [0.29, 0.717) is 16.6 Å². The van der Waals surface area contributed by atoms with Gasteiger partial charge in [-0.25, -0.2) is 0 Å². The number of carbonyl (C=O) groups is 1. The van der Waals surface area contributed by atoms with Crippen LogP contribution in [-0.4, -0.2) is 15.4 Å². The lowest BCUT2D eigenvalue weighted by atomic mass is 9.88. The van der Waals surface area contributed by atoms with Gasteiger partial charge >= 0.3 is 5.97 Å². The molecule has 0 radical (unpaired) electrons. The van der Waals surface area contributed by atoms with Gasteiger partial charge in [0, 0.05) is 17.7 Å². The summed E-state index contributed by atoms with van der Waals surface area (Å²) >= 11 is 0. The molecule has 4 aromatic rings. The zero-order valence-corrected chi connectivity index (χ0v) is 13.9. The van der Waals surface area contributed by atoms with Crippen LogP contribution in [0.25, 0.3) is 16.6 Å². The maximum atomic E-state index is 13.0. The summed E-state index contributed by atoms with van der Waals surface area (Å²) in [5.41, 5.74) is 0.571. The zero-order chi connectivity index (χ0) is 18.5. The van der Waals surface area contributed by atoms with Crippen molar-refractivity contribution in [2.45, 2.75) is 12.3 Å². The van der Waals surface area contributed by atoms with E-state index in [9.17, 15) is 14.4 Å². The van der Waals surface area contributed by atoms with Crippen molar-refractivity contribution in [2.24, 2.45) is 0 Å². The van der Waals surface area contributed by atoms with Crippen molar-refractivity contribution in [1.29, 1.82) is 0 Å². The molecule has 0 amide bonds. The lowest BCUT2D eigenvalue weighted by molar-refractivity contribution is -0.135. The van der Waals surface area contributed by atoms with Crippen LogP contribution in [0.2, 0.25) is 0 Å². The Morgan fingerprint density at radius 3 is 2.74 bits per heavy atom. The maximum absolute atomic E-state index is 13.0. The van der Waals surface area contributed by atoms with Gasteiger partial charge in [0.25, 0.3) is 5.56 Å². The lowest BCUT2D eigenvalue weighted by Gasteiger charge is -2.23. The highest BCUT2D eigenvalue weighted by molar-refractivity contribution is 5.79. The predicted octanol–water partition coefficient (Wildman–Crippen LogP) is 2.24. The van der Waals surface area contributed by atoms with Crippen LogP contribution in [0, 0.1) is 0 Å². The van der Waals surface area contributed by atoms with E-state index >= 15 is 0 Å². The van der Waals surface area contributed by atoms with E-state index in [-0.39, 0.29) is 34.4 Å². The van der Waals surface area contributed by atoms with Gasteiger partial charge in [0.15, 0.2) is 5.43 Å². The molecule has 7 nitrogen and oxygen atoms in total. The molecule has 27 heavy (non-hydrogen) atoms. The fourth-order valence-electron chi connectivity index (χ4n) is 3.48. The number of ether oxygens (including phenoxy) is 1. The Hall–Kier alpha value is -3.74. The fourth-order valence-corrected chi connectivity index (χ4v) is 3.48. The molecular formula is C20H12N2O5. The molecule has 0 spiro atoms. The standard InChI is InChI=1S/C20H12N2O5/c23-16-9-12(13-10-26-14-6-2-1-5-11(14)18(13)24)17-19(27-16)21-15-7-3-4-8-22(15)20(17)25/h1-8,10,12H,9H2/t12-/m0/s1. The minimum Gasteiger partial charge on any atom is -0.464 e. The third-order valence-corrected chi connectivity index (χ3v) is 4.75. The van der Waals surface area contributed by atoms with E-state index in [1.807, 2.05) is 0 Å².